The van der Waals surface area contributed by atoms with Gasteiger partial charge in [-0.05, 0) is 20.3 Å². The van der Waals surface area contributed by atoms with Crippen molar-refractivity contribution < 1.29 is 41.9 Å². The molecule has 0 aliphatic rings. The molecule has 0 aromatic rings. The Hall–Kier alpha value is -1.20. The number of hydrogen-bond acceptors (Lipinski definition) is 7. The number of allylic oxidation sites excluding steroid dienone is 2. The Balaban J connectivity index is 0. The zero-order valence-electron chi connectivity index (χ0n) is 16.7. The Morgan fingerprint density at radius 1 is 1.04 bits per heavy atom. The molecule has 0 rings (SSSR count). The first-order valence-corrected chi connectivity index (χ1v) is 11.8. The van der Waals surface area contributed by atoms with E-state index in [-0.39, 0.29) is 25.4 Å². The number of ether oxygens (including phenoxy) is 2. The molecule has 0 aromatic carbocycles. The molecule has 0 atom stereocenters. The fourth-order valence-electron chi connectivity index (χ4n) is 1.63. The predicted octanol–water partition coefficient (Wildman–Crippen LogP) is 1.56. The van der Waals surface area contributed by atoms with Crippen molar-refractivity contribution in [1.82, 2.24) is 0 Å². The summed E-state index contributed by atoms with van der Waals surface area (Å²) in [6, 6.07) is 0. The van der Waals surface area contributed by atoms with Crippen LogP contribution in [0.3, 0.4) is 0 Å². The van der Waals surface area contributed by atoms with E-state index in [4.69, 9.17) is 14.0 Å². The normalized spacial score (nSPS) is 13.5. The summed E-state index contributed by atoms with van der Waals surface area (Å²) < 4.78 is 38.7. The SMILES string of the molecule is CC=CC(=O)OCC(CC)(COC(=O)C=CC)C(=O)O.O=S(=O)(O)CC[CH2][Na]. The van der Waals surface area contributed by atoms with E-state index in [1.165, 1.54) is 24.3 Å². The van der Waals surface area contributed by atoms with Crippen LogP contribution in [0, 0.1) is 5.41 Å². The molecule has 0 saturated heterocycles. The van der Waals surface area contributed by atoms with Crippen LogP contribution in [-0.2, 0) is 34.0 Å². The molecule has 28 heavy (non-hydrogen) atoms. The summed E-state index contributed by atoms with van der Waals surface area (Å²) in [7, 11) is -3.66. The summed E-state index contributed by atoms with van der Waals surface area (Å²) in [5.74, 6) is -2.52. The van der Waals surface area contributed by atoms with E-state index in [1.54, 1.807) is 20.8 Å². The van der Waals surface area contributed by atoms with Gasteiger partial charge in [0, 0.05) is 12.2 Å². The average molecular weight is 430 g/mol. The van der Waals surface area contributed by atoms with Crippen molar-refractivity contribution in [2.45, 2.75) is 37.3 Å². The van der Waals surface area contributed by atoms with Crippen LogP contribution >= 0.6 is 0 Å². The van der Waals surface area contributed by atoms with Crippen molar-refractivity contribution in [3.8, 4) is 0 Å². The molecule has 0 aliphatic carbocycles. The summed E-state index contributed by atoms with van der Waals surface area (Å²) in [4.78, 5) is 33.9. The summed E-state index contributed by atoms with van der Waals surface area (Å²) in [5, 5.41) is 9.29. The molecule has 11 heteroatoms. The summed E-state index contributed by atoms with van der Waals surface area (Å²) in [5.41, 5.74) is -1.44. The van der Waals surface area contributed by atoms with Crippen LogP contribution in [0.5, 0.6) is 0 Å². The van der Waals surface area contributed by atoms with Gasteiger partial charge >= 0.3 is 84.8 Å². The number of esters is 2. The quantitative estimate of drug-likeness (QED) is 0.216. The first kappa shape index (κ1) is 29.0. The van der Waals surface area contributed by atoms with Crippen LogP contribution in [0.25, 0.3) is 0 Å². The molecular formula is C17H27NaO9S. The topological polar surface area (TPSA) is 144 Å². The number of carbonyl (C=O) groups excluding carboxylic acids is 2. The molecule has 0 aromatic heterocycles. The fourth-order valence-corrected chi connectivity index (χ4v) is 3.15. The Kier molecular flexibility index (Phi) is 16.3. The van der Waals surface area contributed by atoms with Gasteiger partial charge in [-0.1, -0.05) is 19.1 Å². The number of rotatable bonds is 11. The minimum atomic E-state index is -3.66. The fraction of sp³-hybridized carbons (Fsp3) is 0.588. The molecule has 0 unspecified atom stereocenters. The van der Waals surface area contributed by atoms with Gasteiger partial charge in [0.25, 0.3) is 0 Å². The Bertz CT molecular complexity index is 626. The number of carbonyl (C=O) groups is 3. The molecule has 0 spiro atoms. The molecule has 0 heterocycles. The third-order valence-electron chi connectivity index (χ3n) is 3.47. The van der Waals surface area contributed by atoms with Crippen molar-refractivity contribution in [3.05, 3.63) is 24.3 Å². The molecule has 9 nitrogen and oxygen atoms in total. The van der Waals surface area contributed by atoms with Crippen molar-refractivity contribution in [1.29, 1.82) is 0 Å². The van der Waals surface area contributed by atoms with Crippen molar-refractivity contribution >= 4 is 56.0 Å². The van der Waals surface area contributed by atoms with Gasteiger partial charge in [-0.2, -0.15) is 0 Å². The molecular weight excluding hydrogens is 403 g/mol. The van der Waals surface area contributed by atoms with Gasteiger partial charge in [0.05, 0.1) is 0 Å². The van der Waals surface area contributed by atoms with Crippen LogP contribution in [0.2, 0.25) is 3.67 Å². The van der Waals surface area contributed by atoms with Crippen LogP contribution in [0.15, 0.2) is 24.3 Å². The molecule has 0 radical (unpaired) electrons. The molecule has 0 aliphatic heterocycles. The maximum absolute atomic E-state index is 11.4. The Morgan fingerprint density at radius 3 is 1.68 bits per heavy atom. The molecule has 0 bridgehead atoms. The zero-order chi connectivity index (χ0) is 22.2. The first-order valence-electron chi connectivity index (χ1n) is 8.75. The summed E-state index contributed by atoms with van der Waals surface area (Å²) in [6.45, 7) is 4.20. The van der Waals surface area contributed by atoms with Crippen molar-refractivity contribution in [2.24, 2.45) is 5.41 Å². The monoisotopic (exact) mass is 430 g/mol. The average Bonchev–Trinajstić information content (AvgIpc) is 2.60. The maximum atomic E-state index is 11.4. The second-order valence-electron chi connectivity index (χ2n) is 5.79. The van der Waals surface area contributed by atoms with E-state index in [2.05, 4.69) is 0 Å². The van der Waals surface area contributed by atoms with Crippen LogP contribution < -0.4 is 0 Å². The second kappa shape index (κ2) is 15.7. The molecule has 0 fully saturated rings. The number of carboxylic acids is 1. The molecule has 0 saturated carbocycles. The van der Waals surface area contributed by atoms with Crippen LogP contribution in [0.4, 0.5) is 0 Å². The van der Waals surface area contributed by atoms with E-state index in [0.29, 0.717) is 6.42 Å². The molecule has 156 valence electrons. The third-order valence-corrected chi connectivity index (χ3v) is 4.98. The Morgan fingerprint density at radius 2 is 1.46 bits per heavy atom. The van der Waals surface area contributed by atoms with E-state index in [9.17, 15) is 27.9 Å². The molecule has 0 amide bonds. The van der Waals surface area contributed by atoms with Crippen LogP contribution in [0.1, 0.15) is 33.6 Å². The van der Waals surface area contributed by atoms with Gasteiger partial charge in [-0.25, -0.2) is 9.59 Å². The number of hydrogen-bond donors (Lipinski definition) is 2. The standard InChI is InChI=1S/C14H20O6.C3H7O3S.Na/c1-4-7-11(15)19-9-14(6-3,13(17)18)10-20-12(16)8-5-2;1-2-3-7(4,5)6;/h4-5,7-8H,6,9-10H2,1-3H3,(H,17,18);1-3H2,(H,4,5,6);. The summed E-state index contributed by atoms with van der Waals surface area (Å²) in [6.07, 6.45) is 6.12. The number of aliphatic carboxylic acids is 1. The summed E-state index contributed by atoms with van der Waals surface area (Å²) >= 11 is 1.01. The van der Waals surface area contributed by atoms with Gasteiger partial charge in [-0.3, -0.25) is 4.79 Å². The zero-order valence-corrected chi connectivity index (χ0v) is 19.5. The van der Waals surface area contributed by atoms with E-state index >= 15 is 0 Å². The van der Waals surface area contributed by atoms with E-state index in [1.807, 2.05) is 0 Å². The van der Waals surface area contributed by atoms with Gasteiger partial charge in [0.2, 0.25) is 0 Å². The van der Waals surface area contributed by atoms with Crippen molar-refractivity contribution in [2.75, 3.05) is 19.0 Å². The second-order valence-corrected chi connectivity index (χ2v) is 8.37. The Labute approximate surface area is 183 Å². The van der Waals surface area contributed by atoms with E-state index < -0.39 is 33.4 Å². The van der Waals surface area contributed by atoms with Gasteiger partial charge in [0.1, 0.15) is 18.6 Å². The minimum absolute atomic E-state index is 0.0729. The van der Waals surface area contributed by atoms with Crippen molar-refractivity contribution in [3.63, 3.8) is 0 Å². The number of carboxylic acid groups (broad SMARTS) is 1. The van der Waals surface area contributed by atoms with E-state index in [0.717, 1.165) is 31.6 Å². The van der Waals surface area contributed by atoms with Gasteiger partial charge < -0.3 is 14.6 Å². The third kappa shape index (κ3) is 14.8. The van der Waals surface area contributed by atoms with Gasteiger partial charge in [0.15, 0.2) is 0 Å². The van der Waals surface area contributed by atoms with Gasteiger partial charge in [-0.15, -0.1) is 0 Å². The van der Waals surface area contributed by atoms with Crippen LogP contribution in [-0.4, -0.2) is 82.9 Å². The predicted molar refractivity (Wildman–Crippen MR) is 103 cm³/mol. The molecule has 2 N–H and O–H groups in total. The first-order chi connectivity index (χ1) is 13.0.